The van der Waals surface area contributed by atoms with E-state index in [1.807, 2.05) is 36.4 Å². The molecule has 0 aromatic heterocycles. The Balaban J connectivity index is 1.32. The number of ether oxygens (including phenoxy) is 1. The predicted molar refractivity (Wildman–Crippen MR) is 139 cm³/mol. The van der Waals surface area contributed by atoms with E-state index in [4.69, 9.17) is 4.74 Å². The minimum absolute atomic E-state index is 0.0493. The van der Waals surface area contributed by atoms with Gasteiger partial charge in [-0.05, 0) is 97.3 Å². The zero-order chi connectivity index (χ0) is 24.1. The third kappa shape index (κ3) is 4.14. The highest BCUT2D eigenvalue weighted by Gasteiger charge is 2.59. The molecule has 1 aromatic rings. The molecule has 0 radical (unpaired) electrons. The summed E-state index contributed by atoms with van der Waals surface area (Å²) in [6, 6.07) is 8.12. The van der Waals surface area contributed by atoms with Crippen molar-refractivity contribution < 1.29 is 14.3 Å². The first-order valence-corrected chi connectivity index (χ1v) is 13.8. The van der Waals surface area contributed by atoms with Gasteiger partial charge in [0, 0.05) is 23.7 Å². The van der Waals surface area contributed by atoms with Gasteiger partial charge in [-0.3, -0.25) is 9.59 Å². The molecule has 3 saturated carbocycles. The van der Waals surface area contributed by atoms with Crippen molar-refractivity contribution in [1.82, 2.24) is 0 Å². The molecule has 0 saturated heterocycles. The van der Waals surface area contributed by atoms with Crippen LogP contribution in [0.1, 0.15) is 77.7 Å². The third-order valence-corrected chi connectivity index (χ3v) is 10.6. The lowest BCUT2D eigenvalue weighted by atomic mass is 9.47. The molecule has 34 heavy (non-hydrogen) atoms. The molecule has 4 aliphatic carbocycles. The molecule has 5 rings (SSSR count). The standard InChI is InChI=1S/C30H37BrO3/c1-19(32)34-23-14-16-29(2)21(18-23)7-10-24-25-11-12-27(30(25,3)17-15-26(24)29)28(33)13-6-20-4-8-22(31)9-5-20/h4-9,13,23-27H,10-12,14-18H2,1-3H3/b13-6+/t23-,24-,25-,26-,27?,29-,30-/m0/s1. The van der Waals surface area contributed by atoms with Crippen LogP contribution in [0.4, 0.5) is 0 Å². The highest BCUT2D eigenvalue weighted by molar-refractivity contribution is 9.10. The van der Waals surface area contributed by atoms with Gasteiger partial charge in [-0.15, -0.1) is 0 Å². The normalized spacial score (nSPS) is 39.1. The van der Waals surface area contributed by atoms with Crippen molar-refractivity contribution in [3.05, 3.63) is 52.0 Å². The maximum atomic E-state index is 13.4. The number of halogens is 1. The molecule has 1 unspecified atom stereocenters. The van der Waals surface area contributed by atoms with E-state index in [2.05, 4.69) is 35.9 Å². The fraction of sp³-hybridized carbons (Fsp3) is 0.600. The summed E-state index contributed by atoms with van der Waals surface area (Å²) >= 11 is 3.47. The van der Waals surface area contributed by atoms with Gasteiger partial charge < -0.3 is 4.74 Å². The van der Waals surface area contributed by atoms with E-state index in [9.17, 15) is 9.59 Å². The van der Waals surface area contributed by atoms with E-state index in [1.54, 1.807) is 0 Å². The van der Waals surface area contributed by atoms with Crippen molar-refractivity contribution in [2.45, 2.75) is 78.2 Å². The van der Waals surface area contributed by atoms with Crippen LogP contribution in [0.3, 0.4) is 0 Å². The minimum Gasteiger partial charge on any atom is -0.462 e. The van der Waals surface area contributed by atoms with Gasteiger partial charge in [0.2, 0.25) is 0 Å². The van der Waals surface area contributed by atoms with Gasteiger partial charge in [0.1, 0.15) is 6.10 Å². The predicted octanol–water partition coefficient (Wildman–Crippen LogP) is 7.54. The van der Waals surface area contributed by atoms with E-state index in [0.717, 1.165) is 48.6 Å². The van der Waals surface area contributed by atoms with E-state index in [0.29, 0.717) is 23.5 Å². The fourth-order valence-corrected chi connectivity index (χ4v) is 8.56. The first kappa shape index (κ1) is 24.0. The first-order valence-electron chi connectivity index (χ1n) is 13.0. The van der Waals surface area contributed by atoms with Gasteiger partial charge in [-0.25, -0.2) is 0 Å². The summed E-state index contributed by atoms with van der Waals surface area (Å²) in [7, 11) is 0. The molecule has 0 spiro atoms. The monoisotopic (exact) mass is 524 g/mol. The highest BCUT2D eigenvalue weighted by atomic mass is 79.9. The van der Waals surface area contributed by atoms with Gasteiger partial charge in [-0.2, -0.15) is 0 Å². The van der Waals surface area contributed by atoms with Crippen LogP contribution in [0.2, 0.25) is 0 Å². The number of fused-ring (bicyclic) bond motifs is 5. The summed E-state index contributed by atoms with van der Waals surface area (Å²) in [5, 5.41) is 0. The van der Waals surface area contributed by atoms with E-state index in [-0.39, 0.29) is 28.8 Å². The molecule has 4 aliphatic rings. The smallest absolute Gasteiger partial charge is 0.302 e. The van der Waals surface area contributed by atoms with Gasteiger partial charge in [0.15, 0.2) is 5.78 Å². The van der Waals surface area contributed by atoms with Crippen LogP contribution in [-0.2, 0) is 14.3 Å². The molecule has 0 heterocycles. The second-order valence-electron chi connectivity index (χ2n) is 11.7. The van der Waals surface area contributed by atoms with Crippen LogP contribution < -0.4 is 0 Å². The molecule has 182 valence electrons. The number of hydrogen-bond acceptors (Lipinski definition) is 3. The second kappa shape index (κ2) is 9.08. The third-order valence-electron chi connectivity index (χ3n) is 10.0. The summed E-state index contributed by atoms with van der Waals surface area (Å²) in [5.41, 5.74) is 2.93. The largest absolute Gasteiger partial charge is 0.462 e. The molecule has 0 aliphatic heterocycles. The Bertz CT molecular complexity index is 1020. The maximum Gasteiger partial charge on any atom is 0.302 e. The van der Waals surface area contributed by atoms with Crippen molar-refractivity contribution in [3.8, 4) is 0 Å². The molecular formula is C30H37BrO3. The van der Waals surface area contributed by atoms with E-state index in [1.165, 1.54) is 25.3 Å². The number of hydrogen-bond donors (Lipinski definition) is 0. The van der Waals surface area contributed by atoms with Crippen LogP contribution in [0, 0.1) is 34.5 Å². The summed E-state index contributed by atoms with van der Waals surface area (Å²) in [4.78, 5) is 24.9. The number of ketones is 1. The number of carbonyl (C=O) groups excluding carboxylic acids is 2. The molecule has 4 heteroatoms. The summed E-state index contributed by atoms with van der Waals surface area (Å²) in [6.07, 6.45) is 15.0. The molecule has 7 atom stereocenters. The summed E-state index contributed by atoms with van der Waals surface area (Å²) < 4.78 is 6.63. The highest BCUT2D eigenvalue weighted by Crippen LogP contribution is 2.66. The Kier molecular flexibility index (Phi) is 6.42. The number of allylic oxidation sites excluding steroid dienone is 2. The summed E-state index contributed by atoms with van der Waals surface area (Å²) in [6.45, 7) is 6.41. The number of esters is 1. The molecule has 0 N–H and O–H groups in total. The Morgan fingerprint density at radius 1 is 1.03 bits per heavy atom. The number of carbonyl (C=O) groups is 2. The van der Waals surface area contributed by atoms with Crippen molar-refractivity contribution in [2.24, 2.45) is 34.5 Å². The van der Waals surface area contributed by atoms with Crippen molar-refractivity contribution in [2.75, 3.05) is 0 Å². The molecular weight excluding hydrogens is 488 g/mol. The number of rotatable bonds is 4. The zero-order valence-corrected chi connectivity index (χ0v) is 22.3. The van der Waals surface area contributed by atoms with Crippen molar-refractivity contribution >= 4 is 33.8 Å². The van der Waals surface area contributed by atoms with Gasteiger partial charge >= 0.3 is 5.97 Å². The minimum atomic E-state index is -0.160. The summed E-state index contributed by atoms with van der Waals surface area (Å²) in [5.74, 6) is 2.28. The van der Waals surface area contributed by atoms with Gasteiger partial charge in [0.25, 0.3) is 0 Å². The molecule has 3 nitrogen and oxygen atoms in total. The quantitative estimate of drug-likeness (QED) is 0.232. The lowest BCUT2D eigenvalue weighted by Gasteiger charge is -2.58. The fourth-order valence-electron chi connectivity index (χ4n) is 8.30. The molecule has 1 aromatic carbocycles. The van der Waals surface area contributed by atoms with Crippen LogP contribution >= 0.6 is 15.9 Å². The van der Waals surface area contributed by atoms with Crippen molar-refractivity contribution in [1.29, 1.82) is 0 Å². The number of benzene rings is 1. The second-order valence-corrected chi connectivity index (χ2v) is 12.6. The van der Waals surface area contributed by atoms with Gasteiger partial charge in [0.05, 0.1) is 0 Å². The van der Waals surface area contributed by atoms with E-state index >= 15 is 0 Å². The molecule has 0 amide bonds. The van der Waals surface area contributed by atoms with Crippen molar-refractivity contribution in [3.63, 3.8) is 0 Å². The average Bonchev–Trinajstić information content (AvgIpc) is 3.16. The Morgan fingerprint density at radius 3 is 2.53 bits per heavy atom. The Morgan fingerprint density at radius 2 is 1.79 bits per heavy atom. The van der Waals surface area contributed by atoms with E-state index < -0.39 is 0 Å². The van der Waals surface area contributed by atoms with Gasteiger partial charge in [-0.1, -0.05) is 59.6 Å². The first-order chi connectivity index (χ1) is 16.2. The SMILES string of the molecule is CC(=O)O[C@H]1CC[C@@]2(C)C(=CC[C@@H]3[C@@H]2CC[C@]2(C)C(C(=O)/C=C/c4ccc(Br)cc4)CC[C@@H]32)C1. The zero-order valence-electron chi connectivity index (χ0n) is 20.7. The topological polar surface area (TPSA) is 43.4 Å². The average molecular weight is 526 g/mol. The van der Waals surface area contributed by atoms with Crippen LogP contribution in [-0.4, -0.2) is 17.9 Å². The lowest BCUT2D eigenvalue weighted by molar-refractivity contribution is -0.149. The lowest BCUT2D eigenvalue weighted by Crippen LogP contribution is -2.51. The molecule has 3 fully saturated rings. The van der Waals surface area contributed by atoms with Crippen LogP contribution in [0.15, 0.2) is 46.5 Å². The molecule has 0 bridgehead atoms. The maximum absolute atomic E-state index is 13.4. The Labute approximate surface area is 212 Å². The Hall–Kier alpha value is -1.68. The van der Waals surface area contributed by atoms with Crippen LogP contribution in [0.5, 0.6) is 0 Å². The van der Waals surface area contributed by atoms with Crippen LogP contribution in [0.25, 0.3) is 6.08 Å².